The van der Waals surface area contributed by atoms with Gasteiger partial charge in [0.15, 0.2) is 0 Å². The Labute approximate surface area is 144 Å². The van der Waals surface area contributed by atoms with E-state index in [2.05, 4.69) is 0 Å². The van der Waals surface area contributed by atoms with Crippen molar-refractivity contribution in [2.45, 2.75) is 13.1 Å². The Hall–Kier alpha value is -3.41. The van der Waals surface area contributed by atoms with Crippen molar-refractivity contribution in [2.75, 3.05) is 0 Å². The average Bonchev–Trinajstić information content (AvgIpc) is 3.14. The molecular formula is C19H16N2O4. The Kier molecular flexibility index (Phi) is 4.89. The lowest BCUT2D eigenvalue weighted by molar-refractivity contribution is -0.385. The highest BCUT2D eigenvalue weighted by Crippen LogP contribution is 2.22. The Morgan fingerprint density at radius 3 is 2.36 bits per heavy atom. The normalized spacial score (nSPS) is 10.4. The number of hydrogen-bond acceptors (Lipinski definition) is 4. The summed E-state index contributed by atoms with van der Waals surface area (Å²) in [5.74, 6) is 0.204. The second-order valence-electron chi connectivity index (χ2n) is 5.50. The summed E-state index contributed by atoms with van der Waals surface area (Å²) in [6.07, 6.45) is 1.53. The lowest BCUT2D eigenvalue weighted by atomic mass is 10.1. The highest BCUT2D eigenvalue weighted by atomic mass is 16.6. The number of nitro benzene ring substituents is 1. The van der Waals surface area contributed by atoms with Crippen molar-refractivity contribution in [3.8, 4) is 0 Å². The number of carbonyl (C=O) groups is 1. The Bertz CT molecular complexity index is 860. The van der Waals surface area contributed by atoms with Crippen molar-refractivity contribution in [1.82, 2.24) is 4.90 Å². The molecule has 0 aliphatic rings. The zero-order valence-corrected chi connectivity index (χ0v) is 13.4. The van der Waals surface area contributed by atoms with Crippen molar-refractivity contribution < 1.29 is 14.1 Å². The van der Waals surface area contributed by atoms with Crippen LogP contribution < -0.4 is 0 Å². The fourth-order valence-corrected chi connectivity index (χ4v) is 2.58. The number of benzene rings is 2. The first-order chi connectivity index (χ1) is 12.1. The Morgan fingerprint density at radius 2 is 1.68 bits per heavy atom. The van der Waals surface area contributed by atoms with Crippen molar-refractivity contribution in [3.05, 3.63) is 100.0 Å². The summed E-state index contributed by atoms with van der Waals surface area (Å²) in [7, 11) is 0. The van der Waals surface area contributed by atoms with Crippen molar-refractivity contribution in [2.24, 2.45) is 0 Å². The number of hydrogen-bond donors (Lipinski definition) is 0. The van der Waals surface area contributed by atoms with Crippen molar-refractivity contribution in [3.63, 3.8) is 0 Å². The van der Waals surface area contributed by atoms with Gasteiger partial charge in [0.25, 0.3) is 11.6 Å². The van der Waals surface area contributed by atoms with Crippen LogP contribution in [0.25, 0.3) is 0 Å². The molecule has 0 aliphatic heterocycles. The van der Waals surface area contributed by atoms with Crippen LogP contribution in [0.4, 0.5) is 5.69 Å². The number of para-hydroxylation sites is 1. The summed E-state index contributed by atoms with van der Waals surface area (Å²) < 4.78 is 5.34. The van der Waals surface area contributed by atoms with Crippen LogP contribution in [0.2, 0.25) is 0 Å². The van der Waals surface area contributed by atoms with Gasteiger partial charge in [-0.05, 0) is 23.8 Å². The first kappa shape index (κ1) is 16.4. The molecule has 0 saturated heterocycles. The van der Waals surface area contributed by atoms with Gasteiger partial charge in [0.1, 0.15) is 11.3 Å². The highest BCUT2D eigenvalue weighted by Gasteiger charge is 2.25. The number of amides is 1. The zero-order chi connectivity index (χ0) is 17.6. The number of furan rings is 1. The van der Waals surface area contributed by atoms with E-state index in [9.17, 15) is 14.9 Å². The minimum absolute atomic E-state index is 0.0648. The predicted molar refractivity (Wildman–Crippen MR) is 91.8 cm³/mol. The first-order valence-electron chi connectivity index (χ1n) is 7.74. The summed E-state index contributed by atoms with van der Waals surface area (Å²) in [6.45, 7) is 0.555. The monoisotopic (exact) mass is 336 g/mol. The molecule has 0 saturated carbocycles. The van der Waals surface area contributed by atoms with Crippen LogP contribution in [0.5, 0.6) is 0 Å². The lowest BCUT2D eigenvalue weighted by Crippen LogP contribution is -2.30. The molecule has 6 heteroatoms. The van der Waals surface area contributed by atoms with Gasteiger partial charge in [0.2, 0.25) is 0 Å². The molecule has 0 atom stereocenters. The molecule has 1 amide bonds. The van der Waals surface area contributed by atoms with Crippen LogP contribution >= 0.6 is 0 Å². The van der Waals surface area contributed by atoms with Gasteiger partial charge >= 0.3 is 0 Å². The molecule has 0 fully saturated rings. The molecule has 25 heavy (non-hydrogen) atoms. The van der Waals surface area contributed by atoms with Gasteiger partial charge in [0, 0.05) is 12.6 Å². The third-order valence-corrected chi connectivity index (χ3v) is 3.76. The molecule has 1 aromatic heterocycles. The molecule has 126 valence electrons. The van der Waals surface area contributed by atoms with Crippen LogP contribution in [0, 0.1) is 10.1 Å². The van der Waals surface area contributed by atoms with E-state index in [-0.39, 0.29) is 17.8 Å². The molecule has 3 aromatic rings. The van der Waals surface area contributed by atoms with E-state index >= 15 is 0 Å². The highest BCUT2D eigenvalue weighted by molar-refractivity contribution is 5.98. The number of nitro groups is 1. The summed E-state index contributed by atoms with van der Waals surface area (Å²) in [6, 6.07) is 19.0. The van der Waals surface area contributed by atoms with Crippen LogP contribution in [0.1, 0.15) is 21.7 Å². The lowest BCUT2D eigenvalue weighted by Gasteiger charge is -2.22. The molecule has 0 unspecified atom stereocenters. The van der Waals surface area contributed by atoms with Gasteiger partial charge in [-0.3, -0.25) is 14.9 Å². The van der Waals surface area contributed by atoms with E-state index in [1.807, 2.05) is 30.3 Å². The maximum atomic E-state index is 13.0. The van der Waals surface area contributed by atoms with Crippen molar-refractivity contribution in [1.29, 1.82) is 0 Å². The molecule has 0 radical (unpaired) electrons. The van der Waals surface area contributed by atoms with Crippen LogP contribution in [-0.2, 0) is 13.1 Å². The fraction of sp³-hybridized carbons (Fsp3) is 0.105. The van der Waals surface area contributed by atoms with Crippen LogP contribution in [0.3, 0.4) is 0 Å². The second kappa shape index (κ2) is 7.44. The van der Waals surface area contributed by atoms with Gasteiger partial charge in [-0.2, -0.15) is 0 Å². The minimum atomic E-state index is -0.541. The third kappa shape index (κ3) is 3.92. The summed E-state index contributed by atoms with van der Waals surface area (Å²) in [5, 5.41) is 11.2. The quantitative estimate of drug-likeness (QED) is 0.503. The molecule has 0 spiro atoms. The maximum Gasteiger partial charge on any atom is 0.282 e. The van der Waals surface area contributed by atoms with E-state index in [1.165, 1.54) is 23.3 Å². The molecule has 2 aromatic carbocycles. The van der Waals surface area contributed by atoms with Gasteiger partial charge < -0.3 is 9.32 Å². The Morgan fingerprint density at radius 1 is 0.960 bits per heavy atom. The van der Waals surface area contributed by atoms with Gasteiger partial charge in [-0.15, -0.1) is 0 Å². The molecule has 3 rings (SSSR count). The van der Waals surface area contributed by atoms with Gasteiger partial charge in [-0.25, -0.2) is 0 Å². The van der Waals surface area contributed by atoms with Gasteiger partial charge in [0.05, 0.1) is 17.7 Å². The molecule has 0 N–H and O–H groups in total. The molecule has 1 heterocycles. The molecule has 6 nitrogen and oxygen atoms in total. The molecule has 0 bridgehead atoms. The fourth-order valence-electron chi connectivity index (χ4n) is 2.58. The van der Waals surface area contributed by atoms with E-state index in [0.717, 1.165) is 5.56 Å². The minimum Gasteiger partial charge on any atom is -0.467 e. The van der Waals surface area contributed by atoms with Crippen LogP contribution in [0.15, 0.2) is 77.4 Å². The smallest absolute Gasteiger partial charge is 0.282 e. The van der Waals surface area contributed by atoms with Crippen LogP contribution in [-0.4, -0.2) is 15.7 Å². The summed E-state index contributed by atoms with van der Waals surface area (Å²) in [5.41, 5.74) is 0.793. The largest absolute Gasteiger partial charge is 0.467 e. The molecular weight excluding hydrogens is 320 g/mol. The second-order valence-corrected chi connectivity index (χ2v) is 5.50. The van der Waals surface area contributed by atoms with Gasteiger partial charge in [-0.1, -0.05) is 42.5 Å². The standard InChI is InChI=1S/C19H16N2O4/c22-19(17-10-4-5-11-18(17)21(23)24)20(14-16-9-6-12-25-16)13-15-7-2-1-3-8-15/h1-12H,13-14H2. The van der Waals surface area contributed by atoms with Crippen molar-refractivity contribution >= 4 is 11.6 Å². The van der Waals surface area contributed by atoms with E-state index < -0.39 is 10.8 Å². The number of carbonyl (C=O) groups excluding carboxylic acids is 1. The summed E-state index contributed by atoms with van der Waals surface area (Å²) >= 11 is 0. The number of nitrogens with zero attached hydrogens (tertiary/aromatic N) is 2. The first-order valence-corrected chi connectivity index (χ1v) is 7.74. The number of rotatable bonds is 6. The maximum absolute atomic E-state index is 13.0. The zero-order valence-electron chi connectivity index (χ0n) is 13.4. The van der Waals surface area contributed by atoms with E-state index in [0.29, 0.717) is 12.3 Å². The topological polar surface area (TPSA) is 76.6 Å². The SMILES string of the molecule is O=C(c1ccccc1[N+](=O)[O-])N(Cc1ccccc1)Cc1ccco1. The van der Waals surface area contributed by atoms with E-state index in [4.69, 9.17) is 4.42 Å². The predicted octanol–water partition coefficient (Wildman–Crippen LogP) is 4.03. The average molecular weight is 336 g/mol. The third-order valence-electron chi connectivity index (χ3n) is 3.76. The van der Waals surface area contributed by atoms with E-state index in [1.54, 1.807) is 24.3 Å². The molecule has 0 aliphatic carbocycles. The summed E-state index contributed by atoms with van der Waals surface area (Å²) in [4.78, 5) is 25.2. The Balaban J connectivity index is 1.93.